The monoisotopic (exact) mass is 500 g/mol. The van der Waals surface area contributed by atoms with E-state index in [-0.39, 0.29) is 30.3 Å². The van der Waals surface area contributed by atoms with Crippen LogP contribution in [0.2, 0.25) is 0 Å². The van der Waals surface area contributed by atoms with Crippen molar-refractivity contribution in [2.24, 2.45) is 17.4 Å². The largest absolute Gasteiger partial charge is 0.491 e. The van der Waals surface area contributed by atoms with Crippen LogP contribution in [0.1, 0.15) is 28.8 Å². The SMILES string of the molecule is COC(=O)C[C@@H]1C[C@@H](COc2ccc(-c3ccc(C(=N)N)cc3)cc2)N(c2ccccc2C(N)=O)C1=O. The Hall–Kier alpha value is -4.66. The summed E-state index contributed by atoms with van der Waals surface area (Å²) in [5.74, 6) is -1.38. The van der Waals surface area contributed by atoms with Gasteiger partial charge >= 0.3 is 5.97 Å². The first-order chi connectivity index (χ1) is 17.8. The summed E-state index contributed by atoms with van der Waals surface area (Å²) < 4.78 is 10.8. The lowest BCUT2D eigenvalue weighted by molar-refractivity contribution is -0.143. The maximum atomic E-state index is 13.3. The second-order valence-corrected chi connectivity index (χ2v) is 8.78. The zero-order valence-electron chi connectivity index (χ0n) is 20.3. The van der Waals surface area contributed by atoms with E-state index in [1.165, 1.54) is 12.0 Å². The van der Waals surface area contributed by atoms with E-state index in [2.05, 4.69) is 0 Å². The number of benzene rings is 3. The van der Waals surface area contributed by atoms with E-state index in [1.807, 2.05) is 36.4 Å². The second-order valence-electron chi connectivity index (χ2n) is 8.78. The van der Waals surface area contributed by atoms with Crippen molar-refractivity contribution in [1.82, 2.24) is 0 Å². The smallest absolute Gasteiger partial charge is 0.306 e. The summed E-state index contributed by atoms with van der Waals surface area (Å²) in [6, 6.07) is 21.1. The molecule has 5 N–H and O–H groups in total. The number of methoxy groups -OCH3 is 1. The first-order valence-corrected chi connectivity index (χ1v) is 11.7. The lowest BCUT2D eigenvalue weighted by Crippen LogP contribution is -2.39. The Morgan fingerprint density at radius 1 is 0.973 bits per heavy atom. The molecule has 0 spiro atoms. The van der Waals surface area contributed by atoms with Crippen LogP contribution in [-0.4, -0.2) is 43.4 Å². The molecule has 1 heterocycles. The Morgan fingerprint density at radius 2 is 1.59 bits per heavy atom. The van der Waals surface area contributed by atoms with Crippen LogP contribution in [0.5, 0.6) is 5.75 Å². The van der Waals surface area contributed by atoms with Gasteiger partial charge in [0.15, 0.2) is 0 Å². The summed E-state index contributed by atoms with van der Waals surface area (Å²) in [7, 11) is 1.28. The van der Waals surface area contributed by atoms with Crippen molar-refractivity contribution in [1.29, 1.82) is 5.41 Å². The molecule has 0 bridgehead atoms. The molecule has 9 nitrogen and oxygen atoms in total. The van der Waals surface area contributed by atoms with Gasteiger partial charge in [-0.15, -0.1) is 0 Å². The second kappa shape index (κ2) is 10.9. The molecule has 2 atom stereocenters. The number of anilines is 1. The van der Waals surface area contributed by atoms with Crippen molar-refractivity contribution in [2.45, 2.75) is 18.9 Å². The number of para-hydroxylation sites is 1. The van der Waals surface area contributed by atoms with Crippen LogP contribution >= 0.6 is 0 Å². The number of carbonyl (C=O) groups excluding carboxylic acids is 3. The molecule has 1 aliphatic heterocycles. The van der Waals surface area contributed by atoms with Gasteiger partial charge in [-0.25, -0.2) is 0 Å². The number of hydrogen-bond donors (Lipinski definition) is 3. The normalized spacial score (nSPS) is 16.9. The molecule has 0 aromatic heterocycles. The molecule has 4 rings (SSSR count). The minimum Gasteiger partial charge on any atom is -0.491 e. The summed E-state index contributed by atoms with van der Waals surface area (Å²) in [6.45, 7) is 0.156. The molecule has 190 valence electrons. The summed E-state index contributed by atoms with van der Waals surface area (Å²) in [4.78, 5) is 38.8. The van der Waals surface area contributed by atoms with Gasteiger partial charge in [0.1, 0.15) is 18.2 Å². The number of nitrogens with one attached hydrogen (secondary N) is 1. The maximum absolute atomic E-state index is 13.3. The highest BCUT2D eigenvalue weighted by Crippen LogP contribution is 2.35. The Bertz CT molecular complexity index is 1320. The minimum atomic E-state index is -0.647. The van der Waals surface area contributed by atoms with Crippen LogP contribution in [0.3, 0.4) is 0 Å². The minimum absolute atomic E-state index is 0.0158. The van der Waals surface area contributed by atoms with Crippen molar-refractivity contribution >= 4 is 29.3 Å². The van der Waals surface area contributed by atoms with Crippen molar-refractivity contribution in [3.63, 3.8) is 0 Å². The maximum Gasteiger partial charge on any atom is 0.306 e. The number of nitrogen functional groups attached to an aromatic ring is 1. The third-order valence-electron chi connectivity index (χ3n) is 6.40. The molecule has 3 aromatic carbocycles. The van der Waals surface area contributed by atoms with E-state index in [0.717, 1.165) is 11.1 Å². The average molecular weight is 501 g/mol. The molecule has 3 aromatic rings. The molecule has 37 heavy (non-hydrogen) atoms. The molecular weight excluding hydrogens is 472 g/mol. The third kappa shape index (κ3) is 5.61. The fourth-order valence-electron chi connectivity index (χ4n) is 4.49. The van der Waals surface area contributed by atoms with Gasteiger partial charge < -0.3 is 25.8 Å². The summed E-state index contributed by atoms with van der Waals surface area (Å²) >= 11 is 0. The predicted molar refractivity (Wildman–Crippen MR) is 139 cm³/mol. The van der Waals surface area contributed by atoms with E-state index in [9.17, 15) is 14.4 Å². The number of hydrogen-bond acceptors (Lipinski definition) is 6. The Balaban J connectivity index is 1.52. The van der Waals surface area contributed by atoms with Gasteiger partial charge in [-0.3, -0.25) is 19.8 Å². The average Bonchev–Trinajstić information content (AvgIpc) is 3.21. The van der Waals surface area contributed by atoms with Gasteiger partial charge in [-0.05, 0) is 41.8 Å². The Kier molecular flexibility index (Phi) is 7.52. The predicted octanol–water partition coefficient (Wildman–Crippen LogP) is 3.10. The quantitative estimate of drug-likeness (QED) is 0.234. The molecule has 1 aliphatic rings. The highest BCUT2D eigenvalue weighted by atomic mass is 16.5. The van der Waals surface area contributed by atoms with Gasteiger partial charge in [0, 0.05) is 5.56 Å². The zero-order chi connectivity index (χ0) is 26.5. The first-order valence-electron chi connectivity index (χ1n) is 11.7. The highest BCUT2D eigenvalue weighted by molar-refractivity contribution is 6.06. The number of nitrogens with two attached hydrogens (primary N) is 2. The molecule has 2 amide bonds. The van der Waals surface area contributed by atoms with Crippen molar-refractivity contribution in [2.75, 3.05) is 18.6 Å². The number of amides is 2. The van der Waals surface area contributed by atoms with Crippen LogP contribution in [0.25, 0.3) is 11.1 Å². The number of esters is 1. The molecule has 0 radical (unpaired) electrons. The van der Waals surface area contributed by atoms with Crippen LogP contribution in [0.15, 0.2) is 72.8 Å². The number of primary amides is 1. The van der Waals surface area contributed by atoms with Gasteiger partial charge in [0.05, 0.1) is 36.7 Å². The summed E-state index contributed by atoms with van der Waals surface area (Å²) in [5.41, 5.74) is 14.3. The van der Waals surface area contributed by atoms with Crippen LogP contribution in [0, 0.1) is 11.3 Å². The van der Waals surface area contributed by atoms with Gasteiger partial charge in [-0.1, -0.05) is 48.5 Å². The summed E-state index contributed by atoms with van der Waals surface area (Å²) in [5, 5.41) is 7.52. The highest BCUT2D eigenvalue weighted by Gasteiger charge is 2.42. The number of ether oxygens (including phenoxy) is 2. The number of amidine groups is 1. The van der Waals surface area contributed by atoms with E-state index >= 15 is 0 Å². The molecule has 9 heteroatoms. The number of carbonyl (C=O) groups is 3. The lowest BCUT2D eigenvalue weighted by atomic mass is 10.0. The van der Waals surface area contributed by atoms with Crippen molar-refractivity contribution in [3.8, 4) is 16.9 Å². The third-order valence-corrected chi connectivity index (χ3v) is 6.40. The molecule has 1 fully saturated rings. The number of rotatable bonds is 9. The Labute approximate surface area is 214 Å². The van der Waals surface area contributed by atoms with Crippen molar-refractivity contribution < 1.29 is 23.9 Å². The fourth-order valence-corrected chi connectivity index (χ4v) is 4.49. The molecular formula is C28H28N4O5. The molecule has 0 saturated carbocycles. The fraction of sp³-hybridized carbons (Fsp3) is 0.214. The van der Waals surface area contributed by atoms with Crippen LogP contribution in [0.4, 0.5) is 5.69 Å². The van der Waals surface area contributed by atoms with E-state index in [4.69, 9.17) is 26.4 Å². The van der Waals surface area contributed by atoms with Gasteiger partial charge in [0.25, 0.3) is 5.91 Å². The van der Waals surface area contributed by atoms with E-state index < -0.39 is 23.8 Å². The molecule has 0 aliphatic carbocycles. The molecule has 1 saturated heterocycles. The number of nitrogens with zero attached hydrogens (tertiary/aromatic N) is 1. The zero-order valence-corrected chi connectivity index (χ0v) is 20.3. The van der Waals surface area contributed by atoms with E-state index in [1.54, 1.807) is 36.4 Å². The van der Waals surface area contributed by atoms with Crippen molar-refractivity contribution in [3.05, 3.63) is 83.9 Å². The van der Waals surface area contributed by atoms with Gasteiger partial charge in [-0.2, -0.15) is 0 Å². The topological polar surface area (TPSA) is 149 Å². The molecule has 0 unspecified atom stereocenters. The standard InChI is InChI=1S/C28H28N4O5/c1-36-25(33)15-20-14-21(32(28(20)35)24-5-3-2-4-23(24)27(31)34)16-37-22-12-10-18(11-13-22)17-6-8-19(9-7-17)26(29)30/h2-13,20-21H,14-16H2,1H3,(H3,29,30)(H2,31,34)/t20-,21-/m0/s1. The van der Waals surface area contributed by atoms with Crippen LogP contribution < -0.4 is 21.1 Å². The van der Waals surface area contributed by atoms with Crippen LogP contribution in [-0.2, 0) is 14.3 Å². The first kappa shape index (κ1) is 25.4. The lowest BCUT2D eigenvalue weighted by Gasteiger charge is -2.26. The van der Waals surface area contributed by atoms with E-state index in [0.29, 0.717) is 23.4 Å². The van der Waals surface area contributed by atoms with Gasteiger partial charge in [0.2, 0.25) is 5.91 Å². The Morgan fingerprint density at radius 3 is 2.19 bits per heavy atom. The summed E-state index contributed by atoms with van der Waals surface area (Å²) in [6.07, 6.45) is 0.305.